The van der Waals surface area contributed by atoms with Crippen LogP contribution in [0.2, 0.25) is 0 Å². The molecule has 1 amide bonds. The van der Waals surface area contributed by atoms with Gasteiger partial charge in [0.05, 0.1) is 26.2 Å². The van der Waals surface area contributed by atoms with E-state index in [9.17, 15) is 4.79 Å². The maximum Gasteiger partial charge on any atom is 0.277 e. The zero-order chi connectivity index (χ0) is 20.3. The standard InChI is InChI=1S/C22H34N4OS/c1-16-9-17(2)12-20(11-16)23-22(28)25-7-5-24(6-8-25)15-21(27)26-13-18(3)10-19(4)14-26/h9,11-12,18-19H,5-8,10,13-15H2,1-4H3,(H,23,28)/p+1/t18-,19-/m1/s1. The molecule has 0 spiro atoms. The summed E-state index contributed by atoms with van der Waals surface area (Å²) in [6.07, 6.45) is 1.24. The summed E-state index contributed by atoms with van der Waals surface area (Å²) in [6.45, 7) is 14.9. The molecule has 0 aromatic heterocycles. The van der Waals surface area contributed by atoms with Gasteiger partial charge in [0, 0.05) is 18.8 Å². The fourth-order valence-electron chi connectivity index (χ4n) is 4.64. The van der Waals surface area contributed by atoms with Gasteiger partial charge in [0.15, 0.2) is 11.7 Å². The van der Waals surface area contributed by atoms with Crippen molar-refractivity contribution < 1.29 is 9.69 Å². The normalized spacial score (nSPS) is 23.6. The second kappa shape index (κ2) is 9.23. The molecule has 2 fully saturated rings. The molecule has 28 heavy (non-hydrogen) atoms. The van der Waals surface area contributed by atoms with Crippen molar-refractivity contribution >= 4 is 28.9 Å². The molecule has 2 aliphatic rings. The Morgan fingerprint density at radius 3 is 2.21 bits per heavy atom. The highest BCUT2D eigenvalue weighted by atomic mass is 32.1. The van der Waals surface area contributed by atoms with E-state index >= 15 is 0 Å². The Kier molecular flexibility index (Phi) is 6.94. The van der Waals surface area contributed by atoms with Crippen molar-refractivity contribution in [3.8, 4) is 0 Å². The number of amides is 1. The average Bonchev–Trinajstić information content (AvgIpc) is 2.60. The van der Waals surface area contributed by atoms with Gasteiger partial charge in [-0.1, -0.05) is 19.9 Å². The fraction of sp³-hybridized carbons (Fsp3) is 0.636. The number of thiocarbonyl (C=S) groups is 1. The van der Waals surface area contributed by atoms with Gasteiger partial charge in [-0.2, -0.15) is 0 Å². The Morgan fingerprint density at radius 1 is 1.07 bits per heavy atom. The maximum absolute atomic E-state index is 12.7. The molecular formula is C22H35N4OS+. The number of nitrogens with zero attached hydrogens (tertiary/aromatic N) is 2. The first kappa shape index (κ1) is 21.1. The number of benzene rings is 1. The Morgan fingerprint density at radius 2 is 1.64 bits per heavy atom. The van der Waals surface area contributed by atoms with Crippen LogP contribution in [0.1, 0.15) is 31.4 Å². The molecule has 1 aromatic rings. The number of carbonyl (C=O) groups excluding carboxylic acids is 1. The van der Waals surface area contributed by atoms with Crippen LogP contribution in [0, 0.1) is 25.7 Å². The largest absolute Gasteiger partial charge is 0.338 e. The highest BCUT2D eigenvalue weighted by Gasteiger charge is 2.29. The summed E-state index contributed by atoms with van der Waals surface area (Å²) in [7, 11) is 0. The third-order valence-corrected chi connectivity index (χ3v) is 6.21. The van der Waals surface area contributed by atoms with Crippen LogP contribution in [0.25, 0.3) is 0 Å². The molecule has 6 heteroatoms. The van der Waals surface area contributed by atoms with Gasteiger partial charge < -0.3 is 20.0 Å². The molecule has 0 radical (unpaired) electrons. The van der Waals surface area contributed by atoms with Crippen LogP contribution in [0.4, 0.5) is 5.69 Å². The van der Waals surface area contributed by atoms with Gasteiger partial charge in [-0.05, 0) is 67.6 Å². The first-order valence-corrected chi connectivity index (χ1v) is 11.0. The average molecular weight is 404 g/mol. The van der Waals surface area contributed by atoms with Gasteiger partial charge in [0.1, 0.15) is 0 Å². The number of hydrogen-bond donors (Lipinski definition) is 2. The molecule has 5 nitrogen and oxygen atoms in total. The van der Waals surface area contributed by atoms with E-state index in [0.29, 0.717) is 24.3 Å². The van der Waals surface area contributed by atoms with Crippen molar-refractivity contribution in [1.29, 1.82) is 0 Å². The van der Waals surface area contributed by atoms with Crippen LogP contribution < -0.4 is 10.2 Å². The van der Waals surface area contributed by atoms with Crippen LogP contribution in [0.5, 0.6) is 0 Å². The van der Waals surface area contributed by atoms with E-state index in [1.807, 2.05) is 0 Å². The first-order chi connectivity index (χ1) is 13.3. The lowest BCUT2D eigenvalue weighted by molar-refractivity contribution is -0.896. The molecule has 0 aliphatic carbocycles. The quantitative estimate of drug-likeness (QED) is 0.754. The highest BCUT2D eigenvalue weighted by Crippen LogP contribution is 2.20. The lowest BCUT2D eigenvalue weighted by Crippen LogP contribution is -3.15. The third-order valence-electron chi connectivity index (χ3n) is 5.85. The molecule has 0 unspecified atom stereocenters. The topological polar surface area (TPSA) is 40.0 Å². The molecular weight excluding hydrogens is 368 g/mol. The lowest BCUT2D eigenvalue weighted by atomic mass is 9.92. The number of likely N-dealkylation sites (tertiary alicyclic amines) is 1. The zero-order valence-electron chi connectivity index (χ0n) is 17.8. The summed E-state index contributed by atoms with van der Waals surface area (Å²) in [4.78, 5) is 18.4. The summed E-state index contributed by atoms with van der Waals surface area (Å²) >= 11 is 5.63. The minimum atomic E-state index is 0.317. The van der Waals surface area contributed by atoms with Crippen LogP contribution in [-0.4, -0.2) is 66.6 Å². The van der Waals surface area contributed by atoms with Crippen LogP contribution in [0.3, 0.4) is 0 Å². The predicted molar refractivity (Wildman–Crippen MR) is 119 cm³/mol. The number of piperidine rings is 1. The lowest BCUT2D eigenvalue weighted by Gasteiger charge is -2.37. The minimum Gasteiger partial charge on any atom is -0.338 e. The summed E-state index contributed by atoms with van der Waals surface area (Å²) in [5, 5.41) is 4.17. The monoisotopic (exact) mass is 403 g/mol. The molecule has 1 aromatic carbocycles. The van der Waals surface area contributed by atoms with Crippen LogP contribution in [-0.2, 0) is 4.79 Å². The van der Waals surface area contributed by atoms with Gasteiger partial charge in [-0.25, -0.2) is 0 Å². The number of carbonyl (C=O) groups is 1. The second-order valence-electron chi connectivity index (χ2n) is 8.97. The minimum absolute atomic E-state index is 0.317. The first-order valence-electron chi connectivity index (χ1n) is 10.6. The molecule has 0 bridgehead atoms. The van der Waals surface area contributed by atoms with Gasteiger partial charge in [0.25, 0.3) is 5.91 Å². The number of aryl methyl sites for hydroxylation is 2. The van der Waals surface area contributed by atoms with E-state index in [0.717, 1.165) is 50.1 Å². The van der Waals surface area contributed by atoms with Gasteiger partial charge in [-0.3, -0.25) is 4.79 Å². The van der Waals surface area contributed by atoms with E-state index in [-0.39, 0.29) is 0 Å². The molecule has 2 heterocycles. The second-order valence-corrected chi connectivity index (χ2v) is 9.35. The van der Waals surface area contributed by atoms with Crippen molar-refractivity contribution in [3.05, 3.63) is 29.3 Å². The Bertz CT molecular complexity index is 684. The zero-order valence-corrected chi connectivity index (χ0v) is 18.6. The molecule has 2 atom stereocenters. The molecule has 3 rings (SSSR count). The van der Waals surface area contributed by atoms with Crippen LogP contribution >= 0.6 is 12.2 Å². The smallest absolute Gasteiger partial charge is 0.277 e. The third kappa shape index (κ3) is 5.67. The number of anilines is 1. The molecule has 154 valence electrons. The Labute approximate surface area is 175 Å². The van der Waals surface area contributed by atoms with Crippen molar-refractivity contribution in [1.82, 2.24) is 9.80 Å². The van der Waals surface area contributed by atoms with Gasteiger partial charge in [-0.15, -0.1) is 0 Å². The molecule has 0 saturated carbocycles. The summed E-state index contributed by atoms with van der Waals surface area (Å²) in [5.41, 5.74) is 3.53. The highest BCUT2D eigenvalue weighted by molar-refractivity contribution is 7.80. The van der Waals surface area contributed by atoms with Gasteiger partial charge >= 0.3 is 0 Å². The Balaban J connectivity index is 1.46. The maximum atomic E-state index is 12.7. The van der Waals surface area contributed by atoms with Crippen LogP contribution in [0.15, 0.2) is 18.2 Å². The molecule has 2 N–H and O–H groups in total. The number of piperazine rings is 1. The molecule has 2 aliphatic heterocycles. The van der Waals surface area contributed by atoms with Crippen molar-refractivity contribution in [3.63, 3.8) is 0 Å². The van der Waals surface area contributed by atoms with Gasteiger partial charge in [0.2, 0.25) is 0 Å². The van der Waals surface area contributed by atoms with E-state index in [1.165, 1.54) is 22.4 Å². The summed E-state index contributed by atoms with van der Waals surface area (Å²) in [5.74, 6) is 1.55. The number of rotatable bonds is 3. The molecule has 2 saturated heterocycles. The number of nitrogens with one attached hydrogen (secondary N) is 2. The predicted octanol–water partition coefficient (Wildman–Crippen LogP) is 1.71. The van der Waals surface area contributed by atoms with E-state index in [2.05, 4.69) is 61.0 Å². The van der Waals surface area contributed by atoms with Crippen molar-refractivity contribution in [2.24, 2.45) is 11.8 Å². The Hall–Kier alpha value is -1.66. The van der Waals surface area contributed by atoms with Crippen molar-refractivity contribution in [2.45, 2.75) is 34.1 Å². The van der Waals surface area contributed by atoms with E-state index < -0.39 is 0 Å². The summed E-state index contributed by atoms with van der Waals surface area (Å²) in [6, 6.07) is 6.41. The van der Waals surface area contributed by atoms with Crippen molar-refractivity contribution in [2.75, 3.05) is 51.1 Å². The summed E-state index contributed by atoms with van der Waals surface area (Å²) < 4.78 is 0. The fourth-order valence-corrected chi connectivity index (χ4v) is 4.94. The number of quaternary nitrogens is 1. The number of hydrogen-bond acceptors (Lipinski definition) is 2. The van der Waals surface area contributed by atoms with E-state index in [1.54, 1.807) is 0 Å². The van der Waals surface area contributed by atoms with E-state index in [4.69, 9.17) is 12.2 Å². The SMILES string of the molecule is Cc1cc(C)cc(NC(=S)N2CC[NH+](CC(=O)N3C[C@H](C)C[C@@H](C)C3)CC2)c1.